The van der Waals surface area contributed by atoms with Crippen LogP contribution in [0.5, 0.6) is 0 Å². The van der Waals surface area contributed by atoms with Gasteiger partial charge in [-0.15, -0.1) is 0 Å². The van der Waals surface area contributed by atoms with Gasteiger partial charge in [-0.2, -0.15) is 8.42 Å². The third-order valence-electron chi connectivity index (χ3n) is 0.718. The van der Waals surface area contributed by atoms with Crippen LogP contribution in [0.2, 0.25) is 0 Å². The fourth-order valence-electron chi connectivity index (χ4n) is 0.399. The van der Waals surface area contributed by atoms with Crippen LogP contribution in [0.15, 0.2) is 4.52 Å². The third kappa shape index (κ3) is 1.04. The molecule has 1 rings (SSSR count). The molecular weight excluding hydrogens is 148 g/mol. The lowest BCUT2D eigenvalue weighted by molar-refractivity contribution is -0.433. The first-order chi connectivity index (χ1) is 4.01. The molecule has 0 saturated carbocycles. The zero-order chi connectivity index (χ0) is 7.07. The van der Waals surface area contributed by atoms with E-state index in [1.165, 1.54) is 0 Å². The van der Waals surface area contributed by atoms with E-state index < -0.39 is 26.5 Å². The van der Waals surface area contributed by atoms with Crippen LogP contribution < -0.4 is 0 Å². The van der Waals surface area contributed by atoms with Gasteiger partial charge in [-0.25, -0.2) is 4.79 Å². The summed E-state index contributed by atoms with van der Waals surface area (Å²) in [7, 11) is -3.76. The normalized spacial score (nSPS) is 24.0. The molecule has 50 valence electrons. The highest BCUT2D eigenvalue weighted by molar-refractivity contribution is 7.90. The first-order valence-corrected chi connectivity index (χ1v) is 3.58. The molecule has 0 aromatic carbocycles. The summed E-state index contributed by atoms with van der Waals surface area (Å²) in [6.07, 6.45) is 0. The molecule has 0 saturated heterocycles. The molecule has 1 heterocycles. The van der Waals surface area contributed by atoms with Crippen molar-refractivity contribution in [3.8, 4) is 0 Å². The third-order valence-corrected chi connectivity index (χ3v) is 1.73. The van der Waals surface area contributed by atoms with Crippen molar-refractivity contribution >= 4 is 15.9 Å². The van der Waals surface area contributed by atoms with Gasteiger partial charge in [-0.1, -0.05) is 0 Å². The molecule has 1 aliphatic rings. The van der Waals surface area contributed by atoms with Gasteiger partial charge < -0.3 is 5.21 Å². The first-order valence-electron chi connectivity index (χ1n) is 1.97. The smallest absolute Gasteiger partial charge is 0.441 e. The van der Waals surface area contributed by atoms with E-state index in [2.05, 4.69) is 4.52 Å². The molecule has 9 heavy (non-hydrogen) atoms. The molecule has 0 unspecified atom stereocenters. The van der Waals surface area contributed by atoms with Crippen molar-refractivity contribution in [1.82, 2.24) is 0 Å². The summed E-state index contributed by atoms with van der Waals surface area (Å²) < 4.78 is 22.9. The average Bonchev–Trinajstić information content (AvgIpc) is 1.79. The summed E-state index contributed by atoms with van der Waals surface area (Å²) in [5.74, 6) is -1.83. The Bertz CT molecular complexity index is 275. The minimum atomic E-state index is -3.76. The molecule has 6 nitrogen and oxygen atoms in total. The predicted octanol–water partition coefficient (Wildman–Crippen LogP) is -1.18. The zero-order valence-electron chi connectivity index (χ0n) is 4.14. The Hall–Kier alpha value is -0.980. The molecule has 0 aliphatic carbocycles. The van der Waals surface area contributed by atoms with Gasteiger partial charge in [-0.05, 0) is 4.86 Å². The molecule has 0 bridgehead atoms. The predicted molar refractivity (Wildman–Crippen MR) is 24.8 cm³/mol. The lowest BCUT2D eigenvalue weighted by Crippen LogP contribution is -2.10. The molecule has 0 radical (unpaired) electrons. The van der Waals surface area contributed by atoms with Crippen LogP contribution in [0.25, 0.3) is 0 Å². The summed E-state index contributed by atoms with van der Waals surface area (Å²) in [4.78, 5) is 9.71. The van der Waals surface area contributed by atoms with E-state index in [0.717, 1.165) is 0 Å². The van der Waals surface area contributed by atoms with Crippen molar-refractivity contribution in [2.45, 2.75) is 0 Å². The van der Waals surface area contributed by atoms with E-state index in [9.17, 15) is 18.4 Å². The van der Waals surface area contributed by atoms with Crippen molar-refractivity contribution < 1.29 is 18.1 Å². The molecule has 0 N–H and O–H groups in total. The Kier molecular flexibility index (Phi) is 1.02. The van der Waals surface area contributed by atoms with Crippen LogP contribution in [0, 0.1) is 5.21 Å². The minimum absolute atomic E-state index is 0.421. The van der Waals surface area contributed by atoms with Gasteiger partial charge in [0.15, 0.2) is 0 Å². The maximum atomic E-state index is 10.2. The molecule has 7 heteroatoms. The molecule has 1 amide bonds. The van der Waals surface area contributed by atoms with Crippen molar-refractivity contribution in [2.24, 2.45) is 4.52 Å². The number of hydrogen-bond acceptors (Lipinski definition) is 4. The summed E-state index contributed by atoms with van der Waals surface area (Å²) in [5.41, 5.74) is 0. The number of hydrogen-bond donors (Lipinski definition) is 0. The minimum Gasteiger partial charge on any atom is -0.591 e. The maximum Gasteiger partial charge on any atom is 0.441 e. The molecule has 0 aromatic rings. The Morgan fingerprint density at radius 2 is 2.22 bits per heavy atom. The van der Waals surface area contributed by atoms with Crippen molar-refractivity contribution in [1.29, 1.82) is 0 Å². The fourth-order valence-corrected chi connectivity index (χ4v) is 1.20. The van der Waals surface area contributed by atoms with Crippen LogP contribution in [-0.2, 0) is 14.8 Å². The molecule has 0 spiro atoms. The second kappa shape index (κ2) is 1.50. The molecule has 0 aromatic heterocycles. The average molecular weight is 150 g/mol. The van der Waals surface area contributed by atoms with Crippen molar-refractivity contribution in [3.63, 3.8) is 0 Å². The van der Waals surface area contributed by atoms with Gasteiger partial charge in [-0.3, -0.25) is 0 Å². The highest BCUT2D eigenvalue weighted by Gasteiger charge is 2.34. The number of hydroxylamine groups is 1. The molecule has 0 fully saturated rings. The Labute approximate surface area is 50.4 Å². The highest BCUT2D eigenvalue weighted by atomic mass is 32.2. The van der Waals surface area contributed by atoms with E-state index in [1.54, 1.807) is 0 Å². The summed E-state index contributed by atoms with van der Waals surface area (Å²) in [6, 6.07) is 0. The molecule has 0 atom stereocenters. The standard InChI is InChI=1S/C2H2N2O4S/c5-2-1-9(7,8)3-4(2)6/h1H2. The van der Waals surface area contributed by atoms with Gasteiger partial charge in [0, 0.05) is 0 Å². The van der Waals surface area contributed by atoms with Crippen LogP contribution in [-0.4, -0.2) is 24.9 Å². The summed E-state index contributed by atoms with van der Waals surface area (Å²) in [6.45, 7) is 0. The number of sulfonamides is 1. The second-order valence-electron chi connectivity index (χ2n) is 1.47. The van der Waals surface area contributed by atoms with Crippen LogP contribution in [0.4, 0.5) is 0 Å². The Morgan fingerprint density at radius 1 is 1.67 bits per heavy atom. The Morgan fingerprint density at radius 3 is 2.33 bits per heavy atom. The maximum absolute atomic E-state index is 10.2. The molecular formula is C2H2N2O4S. The highest BCUT2D eigenvalue weighted by Crippen LogP contribution is 2.02. The van der Waals surface area contributed by atoms with Crippen LogP contribution >= 0.6 is 0 Å². The molecule has 1 aliphatic heterocycles. The lowest BCUT2D eigenvalue weighted by atomic mass is 10.8. The quantitative estimate of drug-likeness (QED) is 0.321. The van der Waals surface area contributed by atoms with Gasteiger partial charge in [0.2, 0.25) is 5.75 Å². The lowest BCUT2D eigenvalue weighted by Gasteiger charge is -1.80. The van der Waals surface area contributed by atoms with Crippen LogP contribution in [0.1, 0.15) is 0 Å². The number of rotatable bonds is 0. The van der Waals surface area contributed by atoms with Gasteiger partial charge in [0.25, 0.3) is 0 Å². The number of carbonyl (C=O) groups is 1. The van der Waals surface area contributed by atoms with E-state index >= 15 is 0 Å². The van der Waals surface area contributed by atoms with Gasteiger partial charge in [0.1, 0.15) is 4.52 Å². The monoisotopic (exact) mass is 150 g/mol. The van der Waals surface area contributed by atoms with Crippen molar-refractivity contribution in [2.75, 3.05) is 5.75 Å². The number of nitrogens with zero attached hydrogens (tertiary/aromatic N) is 2. The number of amides is 1. The summed E-state index contributed by atoms with van der Waals surface area (Å²) >= 11 is 0. The topological polar surface area (TPSA) is 89.6 Å². The van der Waals surface area contributed by atoms with Gasteiger partial charge in [0.05, 0.1) is 0 Å². The first kappa shape index (κ1) is 6.14. The number of carbonyl (C=O) groups excluding carboxylic acids is 1. The van der Waals surface area contributed by atoms with E-state index in [4.69, 9.17) is 0 Å². The zero-order valence-corrected chi connectivity index (χ0v) is 4.96. The second-order valence-corrected chi connectivity index (χ2v) is 3.09. The largest absolute Gasteiger partial charge is 0.591 e. The van der Waals surface area contributed by atoms with E-state index in [0.29, 0.717) is 0 Å². The van der Waals surface area contributed by atoms with E-state index in [-0.39, 0.29) is 0 Å². The Balaban J connectivity index is 3.15. The van der Waals surface area contributed by atoms with E-state index in [1.807, 2.05) is 0 Å². The van der Waals surface area contributed by atoms with Crippen molar-refractivity contribution in [3.05, 3.63) is 5.21 Å². The van der Waals surface area contributed by atoms with Crippen LogP contribution in [0.3, 0.4) is 0 Å². The SMILES string of the molecule is O=C1CS(=O)(=O)N=[N+]1[O-]. The summed E-state index contributed by atoms with van der Waals surface area (Å²) in [5, 5.41) is 10.0. The van der Waals surface area contributed by atoms with Gasteiger partial charge >= 0.3 is 15.9 Å². The fraction of sp³-hybridized carbons (Fsp3) is 0.500.